The molecule has 1 N–H and O–H groups in total. The molecule has 2 aromatic heterocycles. The topological polar surface area (TPSA) is 62.6 Å². The molecule has 0 unspecified atom stereocenters. The molecule has 2 fully saturated rings. The minimum absolute atomic E-state index is 0.551. The number of H-pyrrole nitrogens is 1. The van der Waals surface area contributed by atoms with Crippen LogP contribution in [0.2, 0.25) is 0 Å². The van der Waals surface area contributed by atoms with Crippen LogP contribution < -0.4 is 0 Å². The Morgan fingerprint density at radius 1 is 1.18 bits per heavy atom. The van der Waals surface area contributed by atoms with E-state index in [1.165, 1.54) is 31.2 Å². The molecule has 0 aromatic carbocycles. The Bertz CT molecular complexity index is 618. The molecule has 118 valence electrons. The maximum Gasteiger partial charge on any atom is 0.153 e. The van der Waals surface area contributed by atoms with Crippen molar-refractivity contribution in [3.63, 3.8) is 0 Å². The highest BCUT2D eigenvalue weighted by atomic mass is 15.3. The Hall–Kier alpha value is -1.69. The van der Waals surface area contributed by atoms with Crippen molar-refractivity contribution in [2.45, 2.75) is 57.5 Å². The summed E-state index contributed by atoms with van der Waals surface area (Å²) in [6.07, 6.45) is 9.02. The highest BCUT2D eigenvalue weighted by molar-refractivity contribution is 5.09. The second kappa shape index (κ2) is 5.83. The number of likely N-dealkylation sites (tertiary alicyclic amines) is 1. The molecule has 0 bridgehead atoms. The van der Waals surface area contributed by atoms with E-state index < -0.39 is 0 Å². The maximum atomic E-state index is 4.72. The van der Waals surface area contributed by atoms with Crippen LogP contribution in [0, 0.1) is 0 Å². The van der Waals surface area contributed by atoms with Gasteiger partial charge in [-0.05, 0) is 45.7 Å². The minimum Gasteiger partial charge on any atom is -0.299 e. The number of aromatic amines is 1. The van der Waals surface area contributed by atoms with Gasteiger partial charge in [-0.3, -0.25) is 14.7 Å². The summed E-state index contributed by atoms with van der Waals surface area (Å²) < 4.78 is 2.00. The van der Waals surface area contributed by atoms with E-state index in [-0.39, 0.29) is 0 Å². The maximum absolute atomic E-state index is 4.72. The molecule has 0 atom stereocenters. The van der Waals surface area contributed by atoms with Gasteiger partial charge in [-0.1, -0.05) is 0 Å². The normalized spacial score (nSPS) is 20.6. The smallest absolute Gasteiger partial charge is 0.153 e. The van der Waals surface area contributed by atoms with Crippen molar-refractivity contribution in [3.8, 4) is 0 Å². The van der Waals surface area contributed by atoms with Gasteiger partial charge in [0.15, 0.2) is 5.82 Å². The van der Waals surface area contributed by atoms with Crippen molar-refractivity contribution in [1.82, 2.24) is 29.9 Å². The molecule has 0 amide bonds. The molecule has 4 rings (SSSR count). The van der Waals surface area contributed by atoms with Crippen molar-refractivity contribution in [3.05, 3.63) is 29.6 Å². The molecule has 0 spiro atoms. The van der Waals surface area contributed by atoms with Crippen molar-refractivity contribution in [2.75, 3.05) is 13.1 Å². The van der Waals surface area contributed by atoms with Gasteiger partial charge in [0, 0.05) is 36.7 Å². The van der Waals surface area contributed by atoms with Crippen LogP contribution in [0.3, 0.4) is 0 Å². The molecule has 2 aliphatic rings. The highest BCUT2D eigenvalue weighted by Crippen LogP contribution is 2.38. The molecule has 1 aliphatic carbocycles. The van der Waals surface area contributed by atoms with Crippen LogP contribution in [0.1, 0.15) is 61.7 Å². The molecule has 22 heavy (non-hydrogen) atoms. The van der Waals surface area contributed by atoms with Crippen LogP contribution in [0.5, 0.6) is 0 Å². The number of aromatic nitrogens is 5. The first-order valence-electron chi connectivity index (χ1n) is 8.47. The fourth-order valence-corrected chi connectivity index (χ4v) is 3.28. The summed E-state index contributed by atoms with van der Waals surface area (Å²) in [5, 5.41) is 11.9. The lowest BCUT2D eigenvalue weighted by Crippen LogP contribution is -2.32. The van der Waals surface area contributed by atoms with Gasteiger partial charge < -0.3 is 0 Å². The predicted molar refractivity (Wildman–Crippen MR) is 83.5 cm³/mol. The molecule has 1 aliphatic heterocycles. The molecular weight excluding hydrogens is 276 g/mol. The molecule has 3 heterocycles. The van der Waals surface area contributed by atoms with Crippen molar-refractivity contribution in [2.24, 2.45) is 0 Å². The number of nitrogens with one attached hydrogen (secondary N) is 1. The van der Waals surface area contributed by atoms with Crippen LogP contribution in [0.4, 0.5) is 0 Å². The minimum atomic E-state index is 0.551. The molecule has 0 radical (unpaired) electrons. The molecule has 6 nitrogen and oxygen atoms in total. The first kappa shape index (κ1) is 13.9. The standard InChI is InChI=1S/C16H24N6/c1-2-22-11-12(9-17-22)10-21-7-5-14(6-8-21)16-18-15(19-20-16)13-3-4-13/h9,11,13-14H,2-8,10H2,1H3,(H,18,19,20). The number of nitrogens with zero attached hydrogens (tertiary/aromatic N) is 5. The third-order valence-electron chi connectivity index (χ3n) is 4.85. The Morgan fingerprint density at radius 3 is 2.68 bits per heavy atom. The zero-order valence-electron chi connectivity index (χ0n) is 13.2. The van der Waals surface area contributed by atoms with E-state index in [1.54, 1.807) is 0 Å². The van der Waals surface area contributed by atoms with E-state index in [0.717, 1.165) is 37.8 Å². The second-order valence-corrected chi connectivity index (χ2v) is 6.61. The van der Waals surface area contributed by atoms with Gasteiger partial charge in [-0.15, -0.1) is 0 Å². The van der Waals surface area contributed by atoms with E-state index in [4.69, 9.17) is 4.98 Å². The summed E-state index contributed by atoms with van der Waals surface area (Å²) in [6.45, 7) is 6.33. The zero-order chi connectivity index (χ0) is 14.9. The van der Waals surface area contributed by atoms with Crippen LogP contribution in [-0.4, -0.2) is 43.0 Å². The quantitative estimate of drug-likeness (QED) is 0.920. The van der Waals surface area contributed by atoms with Crippen LogP contribution in [0.15, 0.2) is 12.4 Å². The Labute approximate surface area is 130 Å². The van der Waals surface area contributed by atoms with Crippen molar-refractivity contribution < 1.29 is 0 Å². The molecule has 6 heteroatoms. The average Bonchev–Trinajstić information content (AvgIpc) is 3.11. The monoisotopic (exact) mass is 300 g/mol. The average molecular weight is 300 g/mol. The van der Waals surface area contributed by atoms with Gasteiger partial charge in [0.25, 0.3) is 0 Å². The summed E-state index contributed by atoms with van der Waals surface area (Å²) in [5.41, 5.74) is 1.32. The predicted octanol–water partition coefficient (Wildman–Crippen LogP) is 2.28. The lowest BCUT2D eigenvalue weighted by Gasteiger charge is -2.30. The van der Waals surface area contributed by atoms with E-state index in [1.807, 2.05) is 10.9 Å². The molecule has 1 saturated carbocycles. The third kappa shape index (κ3) is 2.92. The largest absolute Gasteiger partial charge is 0.299 e. The van der Waals surface area contributed by atoms with E-state index in [9.17, 15) is 0 Å². The Balaban J connectivity index is 1.31. The van der Waals surface area contributed by atoms with Gasteiger partial charge in [0.2, 0.25) is 0 Å². The number of hydrogen-bond donors (Lipinski definition) is 1. The highest BCUT2D eigenvalue weighted by Gasteiger charge is 2.30. The van der Waals surface area contributed by atoms with Gasteiger partial charge in [-0.2, -0.15) is 10.2 Å². The van der Waals surface area contributed by atoms with Crippen LogP contribution in [0.25, 0.3) is 0 Å². The van der Waals surface area contributed by atoms with E-state index in [0.29, 0.717) is 11.8 Å². The zero-order valence-corrected chi connectivity index (χ0v) is 13.2. The van der Waals surface area contributed by atoms with Crippen LogP contribution >= 0.6 is 0 Å². The summed E-state index contributed by atoms with van der Waals surface area (Å²) >= 11 is 0. The lowest BCUT2D eigenvalue weighted by molar-refractivity contribution is 0.202. The van der Waals surface area contributed by atoms with Crippen molar-refractivity contribution >= 4 is 0 Å². The van der Waals surface area contributed by atoms with Gasteiger partial charge in [-0.25, -0.2) is 4.98 Å². The van der Waals surface area contributed by atoms with Gasteiger partial charge >= 0.3 is 0 Å². The summed E-state index contributed by atoms with van der Waals surface area (Å²) in [7, 11) is 0. The summed E-state index contributed by atoms with van der Waals surface area (Å²) in [5.74, 6) is 3.35. The SMILES string of the molecule is CCn1cc(CN2CCC(c3nc(C4CC4)n[nH]3)CC2)cn1. The fraction of sp³-hybridized carbons (Fsp3) is 0.688. The van der Waals surface area contributed by atoms with E-state index in [2.05, 4.69) is 33.3 Å². The summed E-state index contributed by atoms with van der Waals surface area (Å²) in [6, 6.07) is 0. The molecule has 2 aromatic rings. The number of rotatable bonds is 5. The Kier molecular flexibility index (Phi) is 3.70. The fourth-order valence-electron chi connectivity index (χ4n) is 3.28. The van der Waals surface area contributed by atoms with Gasteiger partial charge in [0.1, 0.15) is 5.82 Å². The van der Waals surface area contributed by atoms with E-state index >= 15 is 0 Å². The number of hydrogen-bond acceptors (Lipinski definition) is 4. The Morgan fingerprint density at radius 2 is 2.00 bits per heavy atom. The number of piperidine rings is 1. The van der Waals surface area contributed by atoms with Gasteiger partial charge in [0.05, 0.1) is 6.20 Å². The first-order chi connectivity index (χ1) is 10.8. The second-order valence-electron chi connectivity index (χ2n) is 6.61. The molecule has 1 saturated heterocycles. The first-order valence-corrected chi connectivity index (χ1v) is 8.47. The third-order valence-corrected chi connectivity index (χ3v) is 4.85. The number of aryl methyl sites for hydroxylation is 1. The summed E-state index contributed by atoms with van der Waals surface area (Å²) in [4.78, 5) is 7.24. The van der Waals surface area contributed by atoms with Crippen molar-refractivity contribution in [1.29, 1.82) is 0 Å². The molecular formula is C16H24N6. The lowest BCUT2D eigenvalue weighted by atomic mass is 9.96. The van der Waals surface area contributed by atoms with Crippen LogP contribution in [-0.2, 0) is 13.1 Å².